The number of sulfonamides is 1. The van der Waals surface area contributed by atoms with Crippen LogP contribution in [0.25, 0.3) is 0 Å². The summed E-state index contributed by atoms with van der Waals surface area (Å²) in [6.45, 7) is 0. The number of rotatable bonds is 2. The molecule has 14 heavy (non-hydrogen) atoms. The quantitative estimate of drug-likeness (QED) is 0.425. The van der Waals surface area contributed by atoms with Crippen LogP contribution in [0.5, 0.6) is 0 Å². The molecule has 0 aromatic carbocycles. The first-order valence-corrected chi connectivity index (χ1v) is 5.43. The van der Waals surface area contributed by atoms with Crippen LogP contribution in [-0.4, -0.2) is 17.5 Å². The summed E-state index contributed by atoms with van der Waals surface area (Å²) in [6.07, 6.45) is 3.08. The lowest BCUT2D eigenvalue weighted by atomic mass is 10.1. The van der Waals surface area contributed by atoms with Crippen molar-refractivity contribution in [3.05, 3.63) is 34.0 Å². The molecule has 1 aliphatic rings. The molecule has 0 saturated carbocycles. The average molecular weight is 239 g/mol. The third-order valence-electron chi connectivity index (χ3n) is 1.76. The predicted molar refractivity (Wildman–Crippen MR) is 50.5 cm³/mol. The van der Waals surface area contributed by atoms with E-state index in [1.54, 1.807) is 0 Å². The maximum Gasteiger partial charge on any atom is 0.249 e. The molecule has 0 amide bonds. The van der Waals surface area contributed by atoms with Gasteiger partial charge in [0, 0.05) is 6.08 Å². The first kappa shape index (κ1) is 11.2. The van der Waals surface area contributed by atoms with Gasteiger partial charge in [-0.1, -0.05) is 17.7 Å². The van der Waals surface area contributed by atoms with Crippen LogP contribution in [0.3, 0.4) is 0 Å². The summed E-state index contributed by atoms with van der Waals surface area (Å²) >= 11 is 5.64. The lowest BCUT2D eigenvalue weighted by molar-refractivity contribution is -0.428. The van der Waals surface area contributed by atoms with Crippen molar-refractivity contribution >= 4 is 21.6 Å². The van der Waals surface area contributed by atoms with Crippen molar-refractivity contribution in [2.45, 2.75) is 10.6 Å². The van der Waals surface area contributed by atoms with Gasteiger partial charge in [0.2, 0.25) is 15.7 Å². The van der Waals surface area contributed by atoms with Gasteiger partial charge in [-0.2, -0.15) is 0 Å². The van der Waals surface area contributed by atoms with Gasteiger partial charge in [-0.05, 0) is 6.08 Å². The van der Waals surface area contributed by atoms with Gasteiger partial charge in [0.1, 0.15) is 0 Å². The molecule has 8 heteroatoms. The van der Waals surface area contributed by atoms with Crippen molar-refractivity contribution < 1.29 is 13.3 Å². The second-order valence-corrected chi connectivity index (χ2v) is 5.50. The van der Waals surface area contributed by atoms with E-state index in [1.807, 2.05) is 0 Å². The summed E-state index contributed by atoms with van der Waals surface area (Å²) < 4.78 is 20.1. The van der Waals surface area contributed by atoms with Gasteiger partial charge in [-0.25, -0.2) is 13.6 Å². The molecular formula is C6H7ClN2O4S. The molecule has 0 heterocycles. The van der Waals surface area contributed by atoms with Crippen LogP contribution in [0, 0.1) is 10.1 Å². The fraction of sp³-hybridized carbons (Fsp3) is 0.333. The van der Waals surface area contributed by atoms with Crippen LogP contribution >= 0.6 is 11.6 Å². The highest BCUT2D eigenvalue weighted by molar-refractivity contribution is 7.92. The molecule has 0 aliphatic heterocycles. The molecule has 2 N–H and O–H groups in total. The molecule has 0 radical (unpaired) electrons. The van der Waals surface area contributed by atoms with E-state index in [4.69, 9.17) is 16.7 Å². The average Bonchev–Trinajstić information content (AvgIpc) is 2.02. The summed E-state index contributed by atoms with van der Waals surface area (Å²) in [6, 6.07) is 0. The summed E-state index contributed by atoms with van der Waals surface area (Å²) in [5, 5.41) is 15.2. The number of nitrogens with zero attached hydrogens (tertiary/aromatic N) is 1. The molecule has 6 nitrogen and oxygen atoms in total. The highest BCUT2D eigenvalue weighted by Gasteiger charge is 2.42. The maximum absolute atomic E-state index is 11.0. The van der Waals surface area contributed by atoms with E-state index in [9.17, 15) is 18.5 Å². The lowest BCUT2D eigenvalue weighted by Gasteiger charge is -2.20. The molecule has 0 aromatic heterocycles. The fourth-order valence-corrected chi connectivity index (χ4v) is 1.82. The molecule has 1 unspecified atom stereocenters. The number of nitro groups is 1. The molecule has 78 valence electrons. The standard InChI is InChI=1S/C6H7ClN2O4S/c7-6(14(8,12)13)3-1-2-5(4-6)9(10)11/h1-3H,4H2,(H2,8,12,13). The van der Waals surface area contributed by atoms with Gasteiger partial charge in [0.25, 0.3) is 0 Å². The first-order chi connectivity index (χ1) is 6.26. The maximum atomic E-state index is 11.0. The van der Waals surface area contributed by atoms with E-state index in [0.29, 0.717) is 0 Å². The SMILES string of the molecule is NS(=O)(=O)C1(Cl)C=CC=C([N+](=O)[O-])C1. The molecule has 0 spiro atoms. The number of primary sulfonamides is 1. The molecule has 1 atom stereocenters. The molecule has 0 aromatic rings. The first-order valence-electron chi connectivity index (χ1n) is 3.50. The highest BCUT2D eigenvalue weighted by atomic mass is 35.5. The van der Waals surface area contributed by atoms with Crippen molar-refractivity contribution in [1.82, 2.24) is 0 Å². The molecular weight excluding hydrogens is 232 g/mol. The Morgan fingerprint density at radius 2 is 2.21 bits per heavy atom. The second kappa shape index (κ2) is 3.34. The van der Waals surface area contributed by atoms with Crippen LogP contribution in [0.15, 0.2) is 23.9 Å². The number of hydrogen-bond donors (Lipinski definition) is 1. The van der Waals surface area contributed by atoms with E-state index in [-0.39, 0.29) is 5.70 Å². The smallest absolute Gasteiger partial charge is 0.249 e. The second-order valence-electron chi connectivity index (χ2n) is 2.78. The van der Waals surface area contributed by atoms with Crippen molar-refractivity contribution in [2.24, 2.45) is 5.14 Å². The largest absolute Gasteiger partial charge is 0.259 e. The Hall–Kier alpha value is -0.920. The predicted octanol–water partition coefficient (Wildman–Crippen LogP) is 0.331. The van der Waals surface area contributed by atoms with Crippen LogP contribution < -0.4 is 5.14 Å². The van der Waals surface area contributed by atoms with E-state index < -0.39 is 25.6 Å². The van der Waals surface area contributed by atoms with E-state index >= 15 is 0 Å². The third-order valence-corrected chi connectivity index (χ3v) is 3.89. The van der Waals surface area contributed by atoms with Gasteiger partial charge >= 0.3 is 0 Å². The molecule has 1 rings (SSSR count). The topological polar surface area (TPSA) is 103 Å². The Kier molecular flexibility index (Phi) is 2.66. The number of allylic oxidation sites excluding steroid dienone is 3. The van der Waals surface area contributed by atoms with E-state index in [2.05, 4.69) is 0 Å². The Morgan fingerprint density at radius 3 is 2.64 bits per heavy atom. The van der Waals surface area contributed by atoms with Crippen molar-refractivity contribution in [1.29, 1.82) is 0 Å². The minimum atomic E-state index is -4.06. The van der Waals surface area contributed by atoms with Crippen LogP contribution in [0.4, 0.5) is 0 Å². The zero-order valence-corrected chi connectivity index (χ0v) is 8.46. The number of nitrogens with two attached hydrogens (primary N) is 1. The summed E-state index contributed by atoms with van der Waals surface area (Å²) in [7, 11) is -4.06. The van der Waals surface area contributed by atoms with Crippen LogP contribution in [0.1, 0.15) is 6.42 Å². The van der Waals surface area contributed by atoms with Crippen molar-refractivity contribution in [3.8, 4) is 0 Å². The molecule has 0 bridgehead atoms. The van der Waals surface area contributed by atoms with Crippen LogP contribution in [0.2, 0.25) is 0 Å². The van der Waals surface area contributed by atoms with E-state index in [0.717, 1.165) is 6.08 Å². The normalized spacial score (nSPS) is 27.1. The van der Waals surface area contributed by atoms with E-state index in [1.165, 1.54) is 12.2 Å². The number of alkyl halides is 1. The zero-order valence-electron chi connectivity index (χ0n) is 6.88. The highest BCUT2D eigenvalue weighted by Crippen LogP contribution is 2.33. The lowest BCUT2D eigenvalue weighted by Crippen LogP contribution is -2.38. The van der Waals surface area contributed by atoms with Gasteiger partial charge in [-0.3, -0.25) is 10.1 Å². The monoisotopic (exact) mass is 238 g/mol. The van der Waals surface area contributed by atoms with Crippen LogP contribution in [-0.2, 0) is 10.0 Å². The van der Waals surface area contributed by atoms with Gasteiger partial charge in [0.15, 0.2) is 4.21 Å². The number of halogens is 1. The summed E-state index contributed by atoms with van der Waals surface area (Å²) in [4.78, 5) is 9.69. The molecule has 0 fully saturated rings. The minimum Gasteiger partial charge on any atom is -0.259 e. The van der Waals surface area contributed by atoms with Crippen molar-refractivity contribution in [2.75, 3.05) is 0 Å². The Bertz CT molecular complexity index is 427. The third kappa shape index (κ3) is 1.94. The van der Waals surface area contributed by atoms with Gasteiger partial charge in [-0.15, -0.1) is 0 Å². The Morgan fingerprint density at radius 1 is 1.64 bits per heavy atom. The fourth-order valence-electron chi connectivity index (χ4n) is 0.989. The zero-order chi connectivity index (χ0) is 11.0. The van der Waals surface area contributed by atoms with Gasteiger partial charge in [0.05, 0.1) is 11.3 Å². The molecule has 0 saturated heterocycles. The Balaban J connectivity index is 3.09. The number of hydrogen-bond acceptors (Lipinski definition) is 4. The van der Waals surface area contributed by atoms with Gasteiger partial charge < -0.3 is 0 Å². The molecule has 1 aliphatic carbocycles. The summed E-state index contributed by atoms with van der Waals surface area (Å²) in [5.74, 6) is 0. The Labute approximate surface area is 85.2 Å². The summed E-state index contributed by atoms with van der Waals surface area (Å²) in [5.41, 5.74) is -0.281. The van der Waals surface area contributed by atoms with Crippen molar-refractivity contribution in [3.63, 3.8) is 0 Å². The minimum absolute atomic E-state index is 0.281.